The largest absolute Gasteiger partial charge is 2.00 e. The fourth-order valence-corrected chi connectivity index (χ4v) is 3.02. The summed E-state index contributed by atoms with van der Waals surface area (Å²) in [5.41, 5.74) is 0. The van der Waals surface area contributed by atoms with Crippen LogP contribution in [0, 0.1) is 0 Å². The number of aromatic nitrogens is 12. The molecule has 0 aliphatic carbocycles. The Kier molecular flexibility index (Phi) is 570. The average molecular weight is 1760 g/mol. The number of rotatable bonds is 6. The second-order valence-corrected chi connectivity index (χ2v) is 8.55. The van der Waals surface area contributed by atoms with Gasteiger partial charge in [-0.15, -0.1) is 0 Å². The molecule has 6 heterocycles. The van der Waals surface area contributed by atoms with Gasteiger partial charge in [0, 0.05) is 206 Å². The minimum atomic E-state index is 0. The Morgan fingerprint density at radius 2 is 0.447 bits per heavy atom. The normalized spacial score (nSPS) is 5.13. The Hall–Kier alpha value is -0.274. The summed E-state index contributed by atoms with van der Waals surface area (Å²) in [6, 6.07) is 0. The van der Waals surface area contributed by atoms with Gasteiger partial charge in [0.15, 0.2) is 0 Å². The number of imidazole rings is 6. The van der Waals surface area contributed by atoms with E-state index in [9.17, 15) is 0 Å². The van der Waals surface area contributed by atoms with Gasteiger partial charge >= 0.3 is 0 Å². The molecule has 6 rings (SSSR count). The van der Waals surface area contributed by atoms with Crippen molar-refractivity contribution in [2.75, 3.05) is 0 Å². The Morgan fingerprint density at radius 1 is 0.289 bits per heavy atom. The van der Waals surface area contributed by atoms with Crippen molar-refractivity contribution >= 4 is 0 Å². The SMILES string of the molecule is CC[n+]1cc[nH]c1.CC[n+]1cc[nH]c1.CC[n+]1cc[nH]c1.CC[n+]1cc[nH]c1.CCn1ccnc1.CCn1ccnc1.[Mo].[Mo].[Mo].[Mo].[Mo].[Mo].[Mo].[Mo].[O-2].[O-2].[O-2].[O-2].[O-2].[O-2].[O-2].[O-2].[O-2].[O-2].[O-2].[O-2].[O-2].[O-2].[O-2].[O-2].[O-2].[O-2].[O-2].[O-2].[O-2].[O-2].[O-2].[O-2].[O-2].[O-2]. The van der Waals surface area contributed by atoms with Crippen LogP contribution in [0.2, 0.25) is 0 Å². The van der Waals surface area contributed by atoms with Crippen molar-refractivity contribution in [1.29, 1.82) is 0 Å². The molecule has 46 heteroatoms. The minimum Gasteiger partial charge on any atom is -2.00 e. The van der Waals surface area contributed by atoms with Gasteiger partial charge in [-0.1, -0.05) is 0 Å². The molecular formula is C30H52Mo8N12O26-48. The van der Waals surface area contributed by atoms with Crippen molar-refractivity contribution in [1.82, 2.24) is 39.0 Å². The zero-order valence-corrected chi connectivity index (χ0v) is 56.1. The number of aryl methyl sites for hydroxylation is 6. The number of nitrogens with one attached hydrogen (secondary N) is 4. The molecule has 0 aromatic carbocycles. The van der Waals surface area contributed by atoms with E-state index < -0.39 is 0 Å². The third kappa shape index (κ3) is 135. The maximum Gasteiger partial charge on any atom is 0.241 e. The van der Waals surface area contributed by atoms with Gasteiger partial charge in [-0.2, -0.15) is 0 Å². The van der Waals surface area contributed by atoms with Gasteiger partial charge in [-0.25, -0.2) is 28.2 Å². The number of nitrogens with zero attached hydrogens (tertiary/aromatic N) is 8. The van der Waals surface area contributed by atoms with Crippen LogP contribution in [0.15, 0.2) is 112 Å². The number of aromatic amines is 4. The summed E-state index contributed by atoms with van der Waals surface area (Å²) in [6.45, 7) is 18.8. The zero-order chi connectivity index (χ0) is 30.7. The van der Waals surface area contributed by atoms with Crippen LogP contribution in [0.3, 0.4) is 0 Å². The van der Waals surface area contributed by atoms with E-state index in [1.165, 1.54) is 0 Å². The van der Waals surface area contributed by atoms with E-state index in [0.717, 1.165) is 39.3 Å². The molecule has 76 heavy (non-hydrogen) atoms. The van der Waals surface area contributed by atoms with Crippen LogP contribution in [-0.4, -0.2) is 39.0 Å². The molecule has 38 nitrogen and oxygen atoms in total. The van der Waals surface area contributed by atoms with Crippen molar-refractivity contribution in [3.05, 3.63) is 112 Å². The first-order chi connectivity index (χ1) is 20.6. The van der Waals surface area contributed by atoms with Crippen LogP contribution >= 0.6 is 0 Å². The van der Waals surface area contributed by atoms with Crippen LogP contribution in [-0.2, 0) is 350 Å². The predicted molar refractivity (Wildman–Crippen MR) is 180 cm³/mol. The predicted octanol–water partition coefficient (Wildman–Crippen LogP) is -0.0144. The summed E-state index contributed by atoms with van der Waals surface area (Å²) in [6.07, 6.45) is 34.4. The Morgan fingerprint density at radius 3 is 0.500 bits per heavy atom. The molecule has 0 bridgehead atoms. The number of hydrogen-bond acceptors (Lipinski definition) is 2. The molecule has 0 aliphatic heterocycles. The molecule has 6 aromatic rings. The topological polar surface area (TPSA) is 855 Å². The first-order valence-electron chi connectivity index (χ1n) is 14.6. The van der Waals surface area contributed by atoms with Crippen molar-refractivity contribution < 1.29 is 329 Å². The molecule has 0 aliphatic rings. The maximum absolute atomic E-state index is 3.86. The van der Waals surface area contributed by atoms with E-state index in [1.54, 1.807) is 25.0 Å². The van der Waals surface area contributed by atoms with Gasteiger partial charge in [0.1, 0.15) is 49.6 Å². The molecule has 0 fully saturated rings. The van der Waals surface area contributed by atoms with E-state index in [1.807, 2.05) is 96.4 Å². The van der Waals surface area contributed by atoms with Gasteiger partial charge in [0.25, 0.3) is 0 Å². The number of hydrogen-bond donors (Lipinski definition) is 4. The van der Waals surface area contributed by atoms with Crippen LogP contribution in [0.1, 0.15) is 41.5 Å². The van der Waals surface area contributed by atoms with Gasteiger partial charge in [0.2, 0.25) is 25.3 Å². The maximum atomic E-state index is 3.86. The van der Waals surface area contributed by atoms with Gasteiger partial charge < -0.3 is 152 Å². The molecule has 0 atom stereocenters. The molecule has 4 N–H and O–H groups in total. The molecule has 484 valence electrons. The van der Waals surface area contributed by atoms with Crippen LogP contribution in [0.4, 0.5) is 0 Å². The molecular weight excluding hydrogens is 1710 g/mol. The molecule has 0 radical (unpaired) electrons. The van der Waals surface area contributed by atoms with E-state index in [0.29, 0.717) is 0 Å². The van der Waals surface area contributed by atoms with E-state index in [-0.39, 0.29) is 311 Å². The fourth-order valence-electron chi connectivity index (χ4n) is 3.02. The summed E-state index contributed by atoms with van der Waals surface area (Å²) in [5.74, 6) is 0. The first-order valence-corrected chi connectivity index (χ1v) is 14.6. The second-order valence-electron chi connectivity index (χ2n) is 8.55. The summed E-state index contributed by atoms with van der Waals surface area (Å²) < 4.78 is 12.3. The fraction of sp³-hybridized carbons (Fsp3) is 0.400. The van der Waals surface area contributed by atoms with Crippen LogP contribution in [0.5, 0.6) is 0 Å². The molecule has 0 saturated heterocycles. The van der Waals surface area contributed by atoms with Crippen LogP contribution in [0.25, 0.3) is 0 Å². The quantitative estimate of drug-likeness (QED) is 0.132. The average Bonchev–Trinajstić information content (AvgIpc) is 3.91. The summed E-state index contributed by atoms with van der Waals surface area (Å²) in [4.78, 5) is 19.5. The summed E-state index contributed by atoms with van der Waals surface area (Å²) in [5, 5.41) is 0. The Bertz CT molecular complexity index is 1090. The van der Waals surface area contributed by atoms with Crippen LogP contribution < -0.4 is 18.3 Å². The molecule has 0 unspecified atom stereocenters. The summed E-state index contributed by atoms with van der Waals surface area (Å²) >= 11 is 0. The van der Waals surface area contributed by atoms with Crippen molar-refractivity contribution in [2.24, 2.45) is 0 Å². The van der Waals surface area contributed by atoms with Gasteiger partial charge in [-0.05, 0) is 41.5 Å². The standard InChI is InChI=1S/6C5H8N2.8Mo.26O/c6*1-2-7-4-3-6-5-7;;;;;;;;;;;;;;;;;;;;;;;;;;;;;;;;;;/h6*3-5H,2H2,1H3;;;;;;;;;;;;;;;;;;;;;;;;;;;;;;;;;;/q;;;;;;;;;;;;;;26*-2/p+4. The molecule has 0 amide bonds. The third-order valence-electron chi connectivity index (χ3n) is 5.72. The monoisotopic (exact) mass is 1780 g/mol. The van der Waals surface area contributed by atoms with Crippen molar-refractivity contribution in [3.63, 3.8) is 0 Å². The van der Waals surface area contributed by atoms with E-state index in [4.69, 9.17) is 0 Å². The Balaban J connectivity index is -0.00000000799. The van der Waals surface area contributed by atoms with E-state index >= 15 is 0 Å². The van der Waals surface area contributed by atoms with Gasteiger partial charge in [0.05, 0.1) is 38.8 Å². The number of H-pyrrole nitrogens is 4. The molecule has 0 spiro atoms. The first kappa shape index (κ1) is 243. The minimum absolute atomic E-state index is 0. The summed E-state index contributed by atoms with van der Waals surface area (Å²) in [7, 11) is 0. The van der Waals surface area contributed by atoms with E-state index in [2.05, 4.69) is 89.7 Å². The smallest absolute Gasteiger partial charge is 0.241 e. The van der Waals surface area contributed by atoms with Crippen molar-refractivity contribution in [3.8, 4) is 0 Å². The second kappa shape index (κ2) is 178. The Labute approximate surface area is 556 Å². The third-order valence-corrected chi connectivity index (χ3v) is 5.72. The molecule has 0 saturated carbocycles. The zero-order valence-electron chi connectivity index (χ0n) is 40.1. The van der Waals surface area contributed by atoms with Gasteiger partial charge in [-0.3, -0.25) is 19.9 Å². The van der Waals surface area contributed by atoms with Crippen molar-refractivity contribution in [2.45, 2.75) is 80.8 Å². The molecule has 6 aromatic heterocycles.